The number of aromatic hydroxyl groups is 7. The second-order valence-corrected chi connectivity index (χ2v) is 11.8. The molecule has 0 saturated carbocycles. The molecule has 16 heteroatoms. The molecule has 4 atom stereocenters. The van der Waals surface area contributed by atoms with E-state index in [9.17, 15) is 60.0 Å². The Hall–Kier alpha value is -7.10. The molecule has 8 N–H and O–H groups in total. The van der Waals surface area contributed by atoms with Crippen LogP contribution in [0.25, 0.3) is 6.08 Å². The summed E-state index contributed by atoms with van der Waals surface area (Å²) in [5.41, 5.74) is 0.661. The molecule has 1 heterocycles. The van der Waals surface area contributed by atoms with Crippen LogP contribution in [-0.2, 0) is 46.2 Å². The summed E-state index contributed by atoms with van der Waals surface area (Å²) < 4.78 is 21.6. The van der Waals surface area contributed by atoms with Crippen molar-refractivity contribution in [2.24, 2.45) is 0 Å². The van der Waals surface area contributed by atoms with Crippen molar-refractivity contribution in [2.45, 2.75) is 37.1 Å². The SMILES string of the molecule is COC(=O)[C@@H](Cc1ccc(O)c(O)c1)OC(=O)[C@H]1c2c(/C=C/C(=O)O[C@H](Cc3ccc(O)c(O)c3)C(=O)O)ccc(O)c2O[C@H]1c1ccc(O)c(O)c1. The summed E-state index contributed by atoms with van der Waals surface area (Å²) in [6.45, 7) is 0. The van der Waals surface area contributed by atoms with Gasteiger partial charge in [-0.1, -0.05) is 24.3 Å². The molecule has 0 radical (unpaired) electrons. The normalized spacial score (nSPS) is 15.9. The Labute approximate surface area is 299 Å². The van der Waals surface area contributed by atoms with Crippen molar-refractivity contribution in [2.75, 3.05) is 7.11 Å². The maximum Gasteiger partial charge on any atom is 0.347 e. The van der Waals surface area contributed by atoms with E-state index in [1.807, 2.05) is 0 Å². The van der Waals surface area contributed by atoms with E-state index in [1.165, 1.54) is 36.4 Å². The summed E-state index contributed by atoms with van der Waals surface area (Å²) in [6.07, 6.45) is -3.35. The lowest BCUT2D eigenvalue weighted by atomic mass is 9.87. The van der Waals surface area contributed by atoms with Crippen LogP contribution in [0.2, 0.25) is 0 Å². The third-order valence-electron chi connectivity index (χ3n) is 8.23. The molecule has 0 aliphatic carbocycles. The van der Waals surface area contributed by atoms with Gasteiger partial charge in [-0.3, -0.25) is 4.79 Å². The van der Waals surface area contributed by atoms with Gasteiger partial charge in [-0.2, -0.15) is 0 Å². The largest absolute Gasteiger partial charge is 0.504 e. The van der Waals surface area contributed by atoms with E-state index in [0.717, 1.165) is 49.6 Å². The predicted molar refractivity (Wildman–Crippen MR) is 179 cm³/mol. The molecular weight excluding hydrogens is 700 g/mol. The molecule has 0 fully saturated rings. The lowest BCUT2D eigenvalue weighted by Gasteiger charge is -2.22. The van der Waals surface area contributed by atoms with Crippen LogP contribution in [0.5, 0.6) is 46.0 Å². The van der Waals surface area contributed by atoms with Gasteiger partial charge in [0.1, 0.15) is 12.0 Å². The number of carboxylic acids is 1. The number of aliphatic carboxylic acids is 1. The Morgan fingerprint density at radius 3 is 1.79 bits per heavy atom. The van der Waals surface area contributed by atoms with E-state index in [0.29, 0.717) is 0 Å². The molecule has 0 amide bonds. The Bertz CT molecular complexity index is 2100. The predicted octanol–water partition coefficient (Wildman–Crippen LogP) is 3.42. The van der Waals surface area contributed by atoms with Gasteiger partial charge in [-0.25, -0.2) is 14.4 Å². The molecule has 16 nitrogen and oxygen atoms in total. The number of hydrogen-bond donors (Lipinski definition) is 8. The molecule has 0 spiro atoms. The van der Waals surface area contributed by atoms with Gasteiger partial charge in [0.05, 0.1) is 7.11 Å². The molecule has 276 valence electrons. The summed E-state index contributed by atoms with van der Waals surface area (Å²) in [7, 11) is 1.05. The van der Waals surface area contributed by atoms with Crippen molar-refractivity contribution in [3.8, 4) is 46.0 Å². The van der Waals surface area contributed by atoms with Gasteiger partial charge in [0, 0.05) is 24.5 Å². The first-order chi connectivity index (χ1) is 25.2. The van der Waals surface area contributed by atoms with Crippen molar-refractivity contribution in [1.29, 1.82) is 0 Å². The van der Waals surface area contributed by atoms with Crippen LogP contribution >= 0.6 is 0 Å². The van der Waals surface area contributed by atoms with E-state index >= 15 is 0 Å². The molecule has 1 aliphatic rings. The zero-order chi connectivity index (χ0) is 38.6. The van der Waals surface area contributed by atoms with E-state index < -0.39 is 88.4 Å². The highest BCUT2D eigenvalue weighted by atomic mass is 16.6. The number of benzene rings is 4. The molecule has 53 heavy (non-hydrogen) atoms. The summed E-state index contributed by atoms with van der Waals surface area (Å²) in [5.74, 6) is -9.88. The van der Waals surface area contributed by atoms with Crippen LogP contribution in [0.4, 0.5) is 0 Å². The number of carbonyl (C=O) groups excluding carboxylic acids is 3. The number of carbonyl (C=O) groups is 4. The first kappa shape index (κ1) is 37.2. The maximum atomic E-state index is 14.1. The Morgan fingerprint density at radius 2 is 1.25 bits per heavy atom. The van der Waals surface area contributed by atoms with Crippen LogP contribution in [-0.4, -0.2) is 84.0 Å². The number of phenolic OH excluding ortho intramolecular Hbond substituents is 7. The van der Waals surface area contributed by atoms with Crippen molar-refractivity contribution >= 4 is 30.0 Å². The fraction of sp³-hybridized carbons (Fsp3) is 0.189. The number of phenols is 7. The van der Waals surface area contributed by atoms with Crippen LogP contribution in [0.1, 0.15) is 39.8 Å². The Morgan fingerprint density at radius 1 is 0.698 bits per heavy atom. The van der Waals surface area contributed by atoms with Crippen molar-refractivity contribution in [1.82, 2.24) is 0 Å². The summed E-state index contributed by atoms with van der Waals surface area (Å²) in [5, 5.41) is 79.5. The maximum absolute atomic E-state index is 14.1. The number of methoxy groups -OCH3 is 1. The zero-order valence-corrected chi connectivity index (χ0v) is 27.6. The smallest absolute Gasteiger partial charge is 0.347 e. The molecule has 0 aromatic heterocycles. The quantitative estimate of drug-likeness (QED) is 0.0449. The second kappa shape index (κ2) is 15.4. The van der Waals surface area contributed by atoms with Crippen LogP contribution in [0.3, 0.4) is 0 Å². The van der Waals surface area contributed by atoms with Crippen molar-refractivity contribution < 1.29 is 79.0 Å². The first-order valence-electron chi connectivity index (χ1n) is 15.6. The summed E-state index contributed by atoms with van der Waals surface area (Å²) in [6, 6.07) is 13.3. The summed E-state index contributed by atoms with van der Waals surface area (Å²) in [4.78, 5) is 51.7. The van der Waals surface area contributed by atoms with Crippen LogP contribution in [0.15, 0.2) is 72.8 Å². The monoisotopic (exact) mass is 732 g/mol. The highest BCUT2D eigenvalue weighted by Crippen LogP contribution is 2.53. The van der Waals surface area contributed by atoms with E-state index in [4.69, 9.17) is 18.9 Å². The number of fused-ring (bicyclic) bond motifs is 1. The lowest BCUT2D eigenvalue weighted by molar-refractivity contribution is -0.167. The van der Waals surface area contributed by atoms with Gasteiger partial charge < -0.3 is 59.8 Å². The molecular formula is C37H32O16. The molecule has 4 aromatic rings. The minimum Gasteiger partial charge on any atom is -0.504 e. The Kier molecular flexibility index (Phi) is 10.8. The minimum atomic E-state index is -1.72. The molecule has 0 unspecified atom stereocenters. The zero-order valence-electron chi connectivity index (χ0n) is 27.6. The van der Waals surface area contributed by atoms with Crippen LogP contribution < -0.4 is 4.74 Å². The average molecular weight is 733 g/mol. The number of rotatable bonds is 12. The van der Waals surface area contributed by atoms with Crippen molar-refractivity contribution in [3.05, 3.63) is 101 Å². The third-order valence-corrected chi connectivity index (χ3v) is 8.23. The fourth-order valence-corrected chi connectivity index (χ4v) is 5.61. The highest BCUT2D eigenvalue weighted by Gasteiger charge is 2.46. The standard InChI is InChI=1S/C37H32O16/c1-50-36(48)29(15-18-3-8-22(39)26(43)13-18)52-37(49)32-31-19(4-10-24(41)34(31)53-33(32)20-5-9-23(40)27(44)16-20)6-11-30(45)51-28(35(46)47)14-17-2-7-21(38)25(42)12-17/h2-13,16,28-29,32-33,38-44H,14-15H2,1H3,(H,46,47)/b11-6+/t28-,29-,32+,33+/m1/s1. The van der Waals surface area contributed by atoms with Crippen LogP contribution in [0, 0.1) is 0 Å². The molecule has 4 aromatic carbocycles. The summed E-state index contributed by atoms with van der Waals surface area (Å²) >= 11 is 0. The van der Waals surface area contributed by atoms with Gasteiger partial charge >= 0.3 is 23.9 Å². The van der Waals surface area contributed by atoms with E-state index in [1.54, 1.807) is 0 Å². The lowest BCUT2D eigenvalue weighted by Crippen LogP contribution is -2.33. The topological polar surface area (TPSA) is 267 Å². The number of carboxylic acid groups (broad SMARTS) is 1. The minimum absolute atomic E-state index is 0.0446. The Balaban J connectivity index is 1.49. The second-order valence-electron chi connectivity index (χ2n) is 11.8. The molecule has 1 aliphatic heterocycles. The fourth-order valence-electron chi connectivity index (χ4n) is 5.61. The third kappa shape index (κ3) is 8.28. The van der Waals surface area contributed by atoms with Crippen molar-refractivity contribution in [3.63, 3.8) is 0 Å². The first-order valence-corrected chi connectivity index (χ1v) is 15.6. The molecule has 0 saturated heterocycles. The van der Waals surface area contributed by atoms with Gasteiger partial charge in [0.25, 0.3) is 0 Å². The van der Waals surface area contributed by atoms with E-state index in [-0.39, 0.29) is 46.4 Å². The van der Waals surface area contributed by atoms with E-state index in [2.05, 4.69) is 0 Å². The number of ether oxygens (including phenoxy) is 4. The van der Waals surface area contributed by atoms with Gasteiger partial charge in [0.15, 0.2) is 46.0 Å². The van der Waals surface area contributed by atoms with Gasteiger partial charge in [-0.05, 0) is 70.8 Å². The number of esters is 3. The van der Waals surface area contributed by atoms with Gasteiger partial charge in [0.2, 0.25) is 12.2 Å². The number of hydrogen-bond acceptors (Lipinski definition) is 15. The average Bonchev–Trinajstić information content (AvgIpc) is 3.53. The molecule has 5 rings (SSSR count). The van der Waals surface area contributed by atoms with Gasteiger partial charge in [-0.15, -0.1) is 0 Å². The highest BCUT2D eigenvalue weighted by molar-refractivity contribution is 5.92. The molecule has 0 bridgehead atoms.